The Morgan fingerprint density at radius 1 is 1.00 bits per heavy atom. The molecule has 2 rings (SSSR count). The van der Waals surface area contributed by atoms with Crippen molar-refractivity contribution < 1.29 is 14.3 Å². The average Bonchev–Trinajstić information content (AvgIpc) is 2.46. The third-order valence-electron chi connectivity index (χ3n) is 3.93. The lowest BCUT2D eigenvalue weighted by Gasteiger charge is -2.37. The number of hydrogen-bond donors (Lipinski definition) is 1. The number of ether oxygens (including phenoxy) is 1. The van der Waals surface area contributed by atoms with E-state index in [9.17, 15) is 9.59 Å². The van der Waals surface area contributed by atoms with Gasteiger partial charge in [-0.05, 0) is 46.7 Å². The van der Waals surface area contributed by atoms with Crippen molar-refractivity contribution in [2.45, 2.75) is 39.2 Å². The SMILES string of the molecule is CC(C)(C)OC(=O)N1CCN(C(=O)C2CCNCC2)CC1.Cl. The molecule has 7 heteroatoms. The van der Waals surface area contributed by atoms with Gasteiger partial charge in [-0.2, -0.15) is 0 Å². The van der Waals surface area contributed by atoms with E-state index in [4.69, 9.17) is 4.74 Å². The van der Waals surface area contributed by atoms with Gasteiger partial charge in [0.05, 0.1) is 0 Å². The number of amides is 2. The highest BCUT2D eigenvalue weighted by Gasteiger charge is 2.31. The highest BCUT2D eigenvalue weighted by molar-refractivity contribution is 5.85. The molecule has 6 nitrogen and oxygen atoms in total. The number of rotatable bonds is 1. The Morgan fingerprint density at radius 3 is 2.00 bits per heavy atom. The van der Waals surface area contributed by atoms with Gasteiger partial charge >= 0.3 is 6.09 Å². The highest BCUT2D eigenvalue weighted by atomic mass is 35.5. The number of piperidine rings is 1. The number of carbonyl (C=O) groups excluding carboxylic acids is 2. The molecule has 0 aromatic rings. The largest absolute Gasteiger partial charge is 0.444 e. The molecule has 1 N–H and O–H groups in total. The first kappa shape index (κ1) is 19.0. The van der Waals surface area contributed by atoms with Crippen molar-refractivity contribution in [3.63, 3.8) is 0 Å². The highest BCUT2D eigenvalue weighted by Crippen LogP contribution is 2.17. The molecule has 2 aliphatic heterocycles. The zero-order chi connectivity index (χ0) is 15.5. The molecule has 2 fully saturated rings. The Labute approximate surface area is 138 Å². The summed E-state index contributed by atoms with van der Waals surface area (Å²) in [6.45, 7) is 9.79. The van der Waals surface area contributed by atoms with Crippen LogP contribution in [0.4, 0.5) is 4.79 Å². The molecule has 0 bridgehead atoms. The van der Waals surface area contributed by atoms with Crippen LogP contribution in [-0.4, -0.2) is 66.7 Å². The van der Waals surface area contributed by atoms with Crippen molar-refractivity contribution in [1.82, 2.24) is 15.1 Å². The van der Waals surface area contributed by atoms with E-state index < -0.39 is 5.60 Å². The number of nitrogens with zero attached hydrogens (tertiary/aromatic N) is 2. The first-order chi connectivity index (χ1) is 9.87. The fraction of sp³-hybridized carbons (Fsp3) is 0.867. The van der Waals surface area contributed by atoms with Crippen LogP contribution in [0.25, 0.3) is 0 Å². The summed E-state index contributed by atoms with van der Waals surface area (Å²) < 4.78 is 5.36. The number of nitrogens with one attached hydrogen (secondary N) is 1. The minimum Gasteiger partial charge on any atom is -0.444 e. The van der Waals surface area contributed by atoms with Crippen LogP contribution >= 0.6 is 12.4 Å². The third-order valence-corrected chi connectivity index (χ3v) is 3.93. The van der Waals surface area contributed by atoms with Crippen LogP contribution in [-0.2, 0) is 9.53 Å². The molecule has 128 valence electrons. The molecule has 0 atom stereocenters. The van der Waals surface area contributed by atoms with Crippen LogP contribution in [0.15, 0.2) is 0 Å². The van der Waals surface area contributed by atoms with Crippen molar-refractivity contribution >= 4 is 24.4 Å². The first-order valence-electron chi connectivity index (χ1n) is 7.84. The monoisotopic (exact) mass is 333 g/mol. The van der Waals surface area contributed by atoms with Gasteiger partial charge in [0.25, 0.3) is 0 Å². The Balaban J connectivity index is 0.00000242. The van der Waals surface area contributed by atoms with Crippen LogP contribution in [0.1, 0.15) is 33.6 Å². The maximum atomic E-state index is 12.4. The van der Waals surface area contributed by atoms with Gasteiger partial charge in [0, 0.05) is 32.1 Å². The molecule has 0 unspecified atom stereocenters. The quantitative estimate of drug-likeness (QED) is 0.789. The zero-order valence-corrected chi connectivity index (χ0v) is 14.6. The van der Waals surface area contributed by atoms with Crippen LogP contribution in [0.5, 0.6) is 0 Å². The molecular weight excluding hydrogens is 306 g/mol. The Kier molecular flexibility index (Phi) is 6.94. The van der Waals surface area contributed by atoms with Gasteiger partial charge in [-0.25, -0.2) is 4.79 Å². The summed E-state index contributed by atoms with van der Waals surface area (Å²) in [6, 6.07) is 0. The van der Waals surface area contributed by atoms with Crippen molar-refractivity contribution in [2.24, 2.45) is 5.92 Å². The van der Waals surface area contributed by atoms with Crippen molar-refractivity contribution in [3.05, 3.63) is 0 Å². The molecule has 0 radical (unpaired) electrons. The van der Waals surface area contributed by atoms with Gasteiger partial charge in [-0.3, -0.25) is 4.79 Å². The van der Waals surface area contributed by atoms with E-state index >= 15 is 0 Å². The summed E-state index contributed by atoms with van der Waals surface area (Å²) in [5.74, 6) is 0.402. The van der Waals surface area contributed by atoms with Crippen molar-refractivity contribution in [1.29, 1.82) is 0 Å². The van der Waals surface area contributed by atoms with Crippen LogP contribution in [0, 0.1) is 5.92 Å². The minimum absolute atomic E-state index is 0. The number of halogens is 1. The summed E-state index contributed by atoms with van der Waals surface area (Å²) in [4.78, 5) is 28.0. The van der Waals surface area contributed by atoms with Gasteiger partial charge in [-0.15, -0.1) is 12.4 Å². The van der Waals surface area contributed by atoms with E-state index in [0.717, 1.165) is 25.9 Å². The van der Waals surface area contributed by atoms with Crippen LogP contribution in [0.2, 0.25) is 0 Å². The fourth-order valence-corrected chi connectivity index (χ4v) is 2.76. The molecule has 2 amide bonds. The molecule has 0 aliphatic carbocycles. The van der Waals surface area contributed by atoms with Gasteiger partial charge in [-0.1, -0.05) is 0 Å². The molecule has 0 saturated carbocycles. The first-order valence-corrected chi connectivity index (χ1v) is 7.84. The predicted octanol–water partition coefficient (Wildman–Crippen LogP) is 1.49. The van der Waals surface area contributed by atoms with E-state index in [1.54, 1.807) is 4.90 Å². The Hall–Kier alpha value is -1.01. The van der Waals surface area contributed by atoms with E-state index in [0.29, 0.717) is 26.2 Å². The Morgan fingerprint density at radius 2 is 1.50 bits per heavy atom. The summed E-state index contributed by atoms with van der Waals surface area (Å²) >= 11 is 0. The van der Waals surface area contributed by atoms with Gasteiger partial charge in [0.15, 0.2) is 0 Å². The standard InChI is InChI=1S/C15H27N3O3.ClH/c1-15(2,3)21-14(20)18-10-8-17(9-11-18)13(19)12-4-6-16-7-5-12;/h12,16H,4-11H2,1-3H3;1H. The van der Waals surface area contributed by atoms with E-state index in [1.807, 2.05) is 25.7 Å². The van der Waals surface area contributed by atoms with Crippen molar-refractivity contribution in [3.8, 4) is 0 Å². The topological polar surface area (TPSA) is 61.9 Å². The van der Waals surface area contributed by atoms with Gasteiger partial charge in [0.2, 0.25) is 5.91 Å². The minimum atomic E-state index is -0.473. The van der Waals surface area contributed by atoms with E-state index in [1.165, 1.54) is 0 Å². The predicted molar refractivity (Wildman–Crippen MR) is 87.2 cm³/mol. The average molecular weight is 334 g/mol. The van der Waals surface area contributed by atoms with Gasteiger partial charge < -0.3 is 19.9 Å². The molecule has 22 heavy (non-hydrogen) atoms. The second-order valence-electron chi connectivity index (χ2n) is 6.82. The van der Waals surface area contributed by atoms with E-state index in [2.05, 4.69) is 5.32 Å². The maximum Gasteiger partial charge on any atom is 0.410 e. The number of hydrogen-bond acceptors (Lipinski definition) is 4. The second-order valence-corrected chi connectivity index (χ2v) is 6.82. The van der Waals surface area contributed by atoms with Crippen LogP contribution < -0.4 is 5.32 Å². The summed E-state index contributed by atoms with van der Waals surface area (Å²) in [5.41, 5.74) is -0.473. The summed E-state index contributed by atoms with van der Waals surface area (Å²) in [5, 5.41) is 3.28. The van der Waals surface area contributed by atoms with Gasteiger partial charge in [0.1, 0.15) is 5.60 Å². The lowest BCUT2D eigenvalue weighted by molar-refractivity contribution is -0.138. The third kappa shape index (κ3) is 5.32. The van der Waals surface area contributed by atoms with E-state index in [-0.39, 0.29) is 30.3 Å². The molecule has 2 heterocycles. The molecule has 0 spiro atoms. The van der Waals surface area contributed by atoms with Crippen LogP contribution in [0.3, 0.4) is 0 Å². The molecule has 2 saturated heterocycles. The number of carbonyl (C=O) groups is 2. The summed E-state index contributed by atoms with van der Waals surface area (Å²) in [6.07, 6.45) is 1.56. The molecular formula is C15H28ClN3O3. The lowest BCUT2D eigenvalue weighted by Crippen LogP contribution is -2.53. The fourth-order valence-electron chi connectivity index (χ4n) is 2.76. The zero-order valence-electron chi connectivity index (χ0n) is 13.8. The molecule has 2 aliphatic rings. The number of piperazine rings is 1. The smallest absolute Gasteiger partial charge is 0.410 e. The Bertz CT molecular complexity index is 384. The molecule has 0 aromatic carbocycles. The van der Waals surface area contributed by atoms with Crippen molar-refractivity contribution in [2.75, 3.05) is 39.3 Å². The lowest BCUT2D eigenvalue weighted by atomic mass is 9.96. The second kappa shape index (κ2) is 8.02. The summed E-state index contributed by atoms with van der Waals surface area (Å²) in [7, 11) is 0. The normalized spacial score (nSPS) is 20.3. The maximum absolute atomic E-state index is 12.4. The molecule has 0 aromatic heterocycles.